The van der Waals surface area contributed by atoms with E-state index in [1.165, 1.54) is 4.90 Å². The van der Waals surface area contributed by atoms with Crippen molar-refractivity contribution < 1.29 is 19.1 Å². The first-order valence-corrected chi connectivity index (χ1v) is 13.0. The molecule has 0 aromatic heterocycles. The van der Waals surface area contributed by atoms with Crippen LogP contribution in [-0.4, -0.2) is 83.6 Å². The summed E-state index contributed by atoms with van der Waals surface area (Å²) in [5.74, 6) is -0.484. The van der Waals surface area contributed by atoms with E-state index in [1.807, 2.05) is 32.6 Å². The number of carbonyl (C=O) groups is 3. The maximum atomic E-state index is 13.3. The lowest BCUT2D eigenvalue weighted by atomic mass is 9.94. The van der Waals surface area contributed by atoms with E-state index in [0.717, 1.165) is 5.56 Å². The summed E-state index contributed by atoms with van der Waals surface area (Å²) in [7, 11) is 0. The lowest BCUT2D eigenvalue weighted by molar-refractivity contribution is -0.139. The van der Waals surface area contributed by atoms with Crippen molar-refractivity contribution in [2.24, 2.45) is 0 Å². The van der Waals surface area contributed by atoms with Gasteiger partial charge in [-0.2, -0.15) is 0 Å². The highest BCUT2D eigenvalue weighted by atomic mass is 35.5. The van der Waals surface area contributed by atoms with Gasteiger partial charge in [0.05, 0.1) is 18.2 Å². The highest BCUT2D eigenvalue weighted by Crippen LogP contribution is 2.33. The molecule has 0 radical (unpaired) electrons. The van der Waals surface area contributed by atoms with Crippen LogP contribution in [0.4, 0.5) is 9.59 Å². The molecule has 1 aromatic rings. The van der Waals surface area contributed by atoms with Crippen LogP contribution in [0.25, 0.3) is 0 Å². The van der Waals surface area contributed by atoms with Crippen molar-refractivity contribution in [1.29, 1.82) is 0 Å². The van der Waals surface area contributed by atoms with Gasteiger partial charge in [-0.1, -0.05) is 29.8 Å². The Labute approximate surface area is 224 Å². The van der Waals surface area contributed by atoms with E-state index in [1.54, 1.807) is 37.3 Å². The van der Waals surface area contributed by atoms with Crippen LogP contribution in [0.5, 0.6) is 0 Å². The molecule has 202 valence electrons. The number of rotatable bonds is 7. The second kappa shape index (κ2) is 12.0. The van der Waals surface area contributed by atoms with Crippen molar-refractivity contribution in [3.8, 4) is 0 Å². The van der Waals surface area contributed by atoms with Crippen LogP contribution < -0.4 is 10.6 Å². The fourth-order valence-corrected chi connectivity index (χ4v) is 4.76. The lowest BCUT2D eigenvalue weighted by Gasteiger charge is -2.43. The Morgan fingerprint density at radius 2 is 1.92 bits per heavy atom. The standard InChI is InChI=1S/C27H38ClN5O4/c1-7-13-33-21(17-31-14-15-32(18(3)16-31)26(36)30-27(4,5)6)22(24(34)37-8-2)23(29-25(33)35)19-9-11-20(28)12-10-19/h7,9-12,18,23H,1,8,13-17H2,2-6H3,(H,29,35)(H,30,36)/t18-,23+/m0/s1. The van der Waals surface area contributed by atoms with Gasteiger partial charge in [-0.05, 0) is 52.3 Å². The monoisotopic (exact) mass is 531 g/mol. The highest BCUT2D eigenvalue weighted by molar-refractivity contribution is 6.30. The molecule has 9 nitrogen and oxygen atoms in total. The van der Waals surface area contributed by atoms with E-state index in [9.17, 15) is 14.4 Å². The third kappa shape index (κ3) is 7.05. The van der Waals surface area contributed by atoms with Crippen molar-refractivity contribution in [3.63, 3.8) is 0 Å². The molecule has 2 heterocycles. The van der Waals surface area contributed by atoms with Gasteiger partial charge in [0, 0.05) is 55.0 Å². The number of halogens is 1. The molecule has 3 rings (SSSR count). The zero-order valence-corrected chi connectivity index (χ0v) is 23.1. The summed E-state index contributed by atoms with van der Waals surface area (Å²) in [4.78, 5) is 44.8. The van der Waals surface area contributed by atoms with Crippen molar-refractivity contribution >= 4 is 29.6 Å². The summed E-state index contributed by atoms with van der Waals surface area (Å²) in [6.07, 6.45) is 1.63. The van der Waals surface area contributed by atoms with Crippen LogP contribution in [0, 0.1) is 0 Å². The molecule has 0 bridgehead atoms. The van der Waals surface area contributed by atoms with Gasteiger partial charge in [-0.15, -0.1) is 6.58 Å². The number of amides is 4. The number of nitrogens with one attached hydrogen (secondary N) is 2. The van der Waals surface area contributed by atoms with Gasteiger partial charge < -0.3 is 20.3 Å². The number of urea groups is 2. The Hall–Kier alpha value is -3.04. The average molecular weight is 532 g/mol. The number of piperazine rings is 1. The number of carbonyl (C=O) groups excluding carboxylic acids is 3. The van der Waals surface area contributed by atoms with Crippen LogP contribution in [0.1, 0.15) is 46.2 Å². The van der Waals surface area contributed by atoms with Crippen LogP contribution in [0.15, 0.2) is 48.2 Å². The second-order valence-electron chi connectivity index (χ2n) is 10.4. The zero-order valence-electron chi connectivity index (χ0n) is 22.3. The van der Waals surface area contributed by atoms with E-state index < -0.39 is 12.0 Å². The molecule has 2 N–H and O–H groups in total. The Morgan fingerprint density at radius 3 is 2.49 bits per heavy atom. The molecule has 10 heteroatoms. The molecule has 0 spiro atoms. The topological polar surface area (TPSA) is 94.2 Å². The summed E-state index contributed by atoms with van der Waals surface area (Å²) in [5.41, 5.74) is 1.35. The van der Waals surface area contributed by atoms with E-state index in [4.69, 9.17) is 16.3 Å². The minimum Gasteiger partial charge on any atom is -0.463 e. The first-order chi connectivity index (χ1) is 17.4. The van der Waals surface area contributed by atoms with Gasteiger partial charge in [0.25, 0.3) is 0 Å². The summed E-state index contributed by atoms with van der Waals surface area (Å²) in [6, 6.07) is 5.88. The zero-order chi connectivity index (χ0) is 27.3. The van der Waals surface area contributed by atoms with Crippen molar-refractivity contribution in [2.75, 3.05) is 39.3 Å². The quantitative estimate of drug-likeness (QED) is 0.411. The van der Waals surface area contributed by atoms with Crippen LogP contribution >= 0.6 is 11.6 Å². The molecule has 0 unspecified atom stereocenters. The summed E-state index contributed by atoms with van der Waals surface area (Å²) in [5, 5.41) is 6.54. The third-order valence-electron chi connectivity index (χ3n) is 6.28. The summed E-state index contributed by atoms with van der Waals surface area (Å²) in [6.45, 7) is 15.9. The highest BCUT2D eigenvalue weighted by Gasteiger charge is 2.39. The predicted molar refractivity (Wildman–Crippen MR) is 144 cm³/mol. The molecule has 2 aliphatic rings. The predicted octanol–water partition coefficient (Wildman–Crippen LogP) is 3.92. The summed E-state index contributed by atoms with van der Waals surface area (Å²) < 4.78 is 5.45. The van der Waals surface area contributed by atoms with E-state index in [2.05, 4.69) is 22.1 Å². The Kier molecular flexibility index (Phi) is 9.26. The number of hydrogen-bond acceptors (Lipinski definition) is 5. The maximum Gasteiger partial charge on any atom is 0.338 e. The van der Waals surface area contributed by atoms with Gasteiger partial charge in [-0.25, -0.2) is 14.4 Å². The van der Waals surface area contributed by atoms with Crippen molar-refractivity contribution in [2.45, 2.75) is 52.2 Å². The maximum absolute atomic E-state index is 13.3. The van der Waals surface area contributed by atoms with Gasteiger partial charge >= 0.3 is 18.0 Å². The molecule has 37 heavy (non-hydrogen) atoms. The number of nitrogens with zero attached hydrogens (tertiary/aromatic N) is 3. The van der Waals surface area contributed by atoms with E-state index >= 15 is 0 Å². The van der Waals surface area contributed by atoms with Crippen LogP contribution in [0.3, 0.4) is 0 Å². The molecule has 2 atom stereocenters. The Balaban J connectivity index is 1.95. The summed E-state index contributed by atoms with van der Waals surface area (Å²) >= 11 is 6.08. The number of benzene rings is 1. The van der Waals surface area contributed by atoms with Gasteiger partial charge in [0.15, 0.2) is 0 Å². The van der Waals surface area contributed by atoms with Crippen LogP contribution in [0.2, 0.25) is 5.02 Å². The SMILES string of the molecule is C=CCN1C(=O)N[C@H](c2ccc(Cl)cc2)C(C(=O)OCC)=C1CN1CCN(C(=O)NC(C)(C)C)[C@@H](C)C1. The minimum absolute atomic E-state index is 0.0555. The third-order valence-corrected chi connectivity index (χ3v) is 6.53. The van der Waals surface area contributed by atoms with Gasteiger partial charge in [0.2, 0.25) is 0 Å². The van der Waals surface area contributed by atoms with Gasteiger partial charge in [-0.3, -0.25) is 9.80 Å². The molecule has 0 saturated carbocycles. The molecular formula is C27H38ClN5O4. The smallest absolute Gasteiger partial charge is 0.338 e. The largest absolute Gasteiger partial charge is 0.463 e. The Morgan fingerprint density at radius 1 is 1.24 bits per heavy atom. The molecule has 0 aliphatic carbocycles. The van der Waals surface area contributed by atoms with Crippen LogP contribution in [-0.2, 0) is 9.53 Å². The fraction of sp³-hybridized carbons (Fsp3) is 0.519. The minimum atomic E-state index is -0.684. The number of hydrogen-bond donors (Lipinski definition) is 2. The second-order valence-corrected chi connectivity index (χ2v) is 10.8. The average Bonchev–Trinajstić information content (AvgIpc) is 2.80. The molecule has 1 aromatic carbocycles. The molecule has 2 aliphatic heterocycles. The number of ether oxygens (including phenoxy) is 1. The molecule has 1 fully saturated rings. The molecule has 4 amide bonds. The van der Waals surface area contributed by atoms with E-state index in [0.29, 0.717) is 42.5 Å². The van der Waals surface area contributed by atoms with Crippen molar-refractivity contribution in [3.05, 3.63) is 58.8 Å². The van der Waals surface area contributed by atoms with Crippen molar-refractivity contribution in [1.82, 2.24) is 25.3 Å². The Bertz CT molecular complexity index is 1050. The fourth-order valence-electron chi connectivity index (χ4n) is 4.63. The number of esters is 1. The lowest BCUT2D eigenvalue weighted by Crippen LogP contribution is -2.59. The first kappa shape index (κ1) is 28.5. The normalized spacial score (nSPS) is 21.0. The first-order valence-electron chi connectivity index (χ1n) is 12.6. The van der Waals surface area contributed by atoms with E-state index in [-0.39, 0.29) is 36.8 Å². The molecule has 1 saturated heterocycles. The molecular weight excluding hydrogens is 494 g/mol. The van der Waals surface area contributed by atoms with Gasteiger partial charge in [0.1, 0.15) is 0 Å².